The van der Waals surface area contributed by atoms with Gasteiger partial charge in [0.2, 0.25) is 0 Å². The minimum absolute atomic E-state index is 0.189. The Balaban J connectivity index is 2.47. The van der Waals surface area contributed by atoms with E-state index in [2.05, 4.69) is 9.72 Å². The van der Waals surface area contributed by atoms with Crippen molar-refractivity contribution in [1.82, 2.24) is 4.98 Å². The highest BCUT2D eigenvalue weighted by Crippen LogP contribution is 2.02. The van der Waals surface area contributed by atoms with Crippen molar-refractivity contribution in [2.45, 2.75) is 13.3 Å². The summed E-state index contributed by atoms with van der Waals surface area (Å²) in [4.78, 5) is 24.9. The van der Waals surface area contributed by atoms with Gasteiger partial charge in [-0.05, 0) is 13.0 Å². The SMILES string of the molecule is CCOC(=O)CC(=O)c1cc[nH]c1. The molecule has 1 aromatic heterocycles. The summed E-state index contributed by atoms with van der Waals surface area (Å²) in [6.45, 7) is 2.01. The van der Waals surface area contributed by atoms with Gasteiger partial charge in [-0.1, -0.05) is 0 Å². The second kappa shape index (κ2) is 4.45. The number of carbonyl (C=O) groups is 2. The maximum absolute atomic E-state index is 11.3. The molecule has 1 heterocycles. The average Bonchev–Trinajstić information content (AvgIpc) is 2.55. The van der Waals surface area contributed by atoms with Crippen LogP contribution in [0, 0.1) is 0 Å². The molecule has 0 radical (unpaired) electrons. The zero-order valence-corrected chi connectivity index (χ0v) is 7.37. The Kier molecular flexibility index (Phi) is 3.25. The van der Waals surface area contributed by atoms with Crippen LogP contribution in [-0.2, 0) is 9.53 Å². The van der Waals surface area contributed by atoms with Crippen molar-refractivity contribution in [1.29, 1.82) is 0 Å². The first-order chi connectivity index (χ1) is 6.24. The zero-order valence-electron chi connectivity index (χ0n) is 7.37. The van der Waals surface area contributed by atoms with Crippen LogP contribution in [0.3, 0.4) is 0 Å². The number of carbonyl (C=O) groups excluding carboxylic acids is 2. The molecule has 0 unspecified atom stereocenters. The predicted molar refractivity (Wildman–Crippen MR) is 46.4 cm³/mol. The van der Waals surface area contributed by atoms with Crippen LogP contribution in [0.2, 0.25) is 0 Å². The van der Waals surface area contributed by atoms with E-state index in [4.69, 9.17) is 0 Å². The molecule has 4 nitrogen and oxygen atoms in total. The van der Waals surface area contributed by atoms with E-state index in [1.54, 1.807) is 25.4 Å². The van der Waals surface area contributed by atoms with Gasteiger partial charge in [-0.15, -0.1) is 0 Å². The van der Waals surface area contributed by atoms with Crippen molar-refractivity contribution >= 4 is 11.8 Å². The molecule has 0 aliphatic rings. The lowest BCUT2D eigenvalue weighted by molar-refractivity contribution is -0.141. The molecule has 1 N–H and O–H groups in total. The molecule has 70 valence electrons. The first-order valence-electron chi connectivity index (χ1n) is 4.05. The number of hydrogen-bond donors (Lipinski definition) is 1. The molecule has 0 saturated carbocycles. The number of nitrogens with one attached hydrogen (secondary N) is 1. The minimum atomic E-state index is -0.478. The summed E-state index contributed by atoms with van der Waals surface area (Å²) in [5, 5.41) is 0. The molecule has 0 fully saturated rings. The number of rotatable bonds is 4. The summed E-state index contributed by atoms with van der Waals surface area (Å²) in [6.07, 6.45) is 3.01. The minimum Gasteiger partial charge on any atom is -0.466 e. The summed E-state index contributed by atoms with van der Waals surface area (Å²) in [6, 6.07) is 1.63. The number of Topliss-reactive ketones (excluding diaryl/α,β-unsaturated/α-hetero) is 1. The van der Waals surface area contributed by atoms with E-state index in [9.17, 15) is 9.59 Å². The number of ketones is 1. The van der Waals surface area contributed by atoms with Crippen LogP contribution in [0.1, 0.15) is 23.7 Å². The molecule has 0 saturated heterocycles. The van der Waals surface area contributed by atoms with Crippen molar-refractivity contribution in [2.24, 2.45) is 0 Å². The molecule has 0 aliphatic carbocycles. The topological polar surface area (TPSA) is 59.2 Å². The van der Waals surface area contributed by atoms with Gasteiger partial charge in [0.1, 0.15) is 6.42 Å². The fourth-order valence-electron chi connectivity index (χ4n) is 0.943. The van der Waals surface area contributed by atoms with Gasteiger partial charge in [-0.25, -0.2) is 0 Å². The van der Waals surface area contributed by atoms with E-state index in [0.29, 0.717) is 12.2 Å². The monoisotopic (exact) mass is 181 g/mol. The Morgan fingerprint density at radius 3 is 2.85 bits per heavy atom. The van der Waals surface area contributed by atoms with Crippen molar-refractivity contribution in [3.05, 3.63) is 24.0 Å². The summed E-state index contributed by atoms with van der Waals surface area (Å²) < 4.78 is 4.64. The molecular formula is C9H11NO3. The summed E-state index contributed by atoms with van der Waals surface area (Å²) >= 11 is 0. The third kappa shape index (κ3) is 2.74. The molecule has 1 aromatic rings. The highest BCUT2D eigenvalue weighted by Gasteiger charge is 2.12. The van der Waals surface area contributed by atoms with Crippen molar-refractivity contribution in [3.63, 3.8) is 0 Å². The Morgan fingerprint density at radius 2 is 2.31 bits per heavy atom. The maximum Gasteiger partial charge on any atom is 0.313 e. The van der Waals surface area contributed by atoms with Crippen molar-refractivity contribution in [3.8, 4) is 0 Å². The fourth-order valence-corrected chi connectivity index (χ4v) is 0.943. The quantitative estimate of drug-likeness (QED) is 0.430. The summed E-state index contributed by atoms with van der Waals surface area (Å²) in [7, 11) is 0. The van der Waals surface area contributed by atoms with E-state index in [0.717, 1.165) is 0 Å². The lowest BCUT2D eigenvalue weighted by Crippen LogP contribution is -2.10. The van der Waals surface area contributed by atoms with Gasteiger partial charge in [-0.3, -0.25) is 9.59 Å². The lowest BCUT2D eigenvalue weighted by atomic mass is 10.2. The van der Waals surface area contributed by atoms with Gasteiger partial charge in [0.25, 0.3) is 0 Å². The summed E-state index contributed by atoms with van der Waals surface area (Å²) in [5.41, 5.74) is 0.507. The van der Waals surface area contributed by atoms with Crippen LogP contribution in [-0.4, -0.2) is 23.3 Å². The zero-order chi connectivity index (χ0) is 9.68. The standard InChI is InChI=1S/C9H11NO3/c1-2-13-9(12)5-8(11)7-3-4-10-6-7/h3-4,6,10H,2,5H2,1H3. The van der Waals surface area contributed by atoms with Gasteiger partial charge in [0.15, 0.2) is 5.78 Å². The second-order valence-corrected chi connectivity index (χ2v) is 2.50. The highest BCUT2D eigenvalue weighted by molar-refractivity contribution is 6.05. The van der Waals surface area contributed by atoms with Crippen molar-refractivity contribution in [2.75, 3.05) is 6.61 Å². The molecule has 1 rings (SSSR count). The molecule has 0 amide bonds. The number of ether oxygens (including phenoxy) is 1. The smallest absolute Gasteiger partial charge is 0.313 e. The number of esters is 1. The van der Waals surface area contributed by atoms with Gasteiger partial charge in [0, 0.05) is 18.0 Å². The molecule has 13 heavy (non-hydrogen) atoms. The molecule has 0 aliphatic heterocycles. The van der Waals surface area contributed by atoms with E-state index in [-0.39, 0.29) is 12.2 Å². The maximum atomic E-state index is 11.3. The second-order valence-electron chi connectivity index (χ2n) is 2.50. The molecule has 0 aromatic carbocycles. The molecule has 0 bridgehead atoms. The summed E-state index contributed by atoms with van der Waals surface area (Å²) in [5.74, 6) is -0.701. The first kappa shape index (κ1) is 9.51. The van der Waals surface area contributed by atoms with E-state index < -0.39 is 5.97 Å². The first-order valence-corrected chi connectivity index (χ1v) is 4.05. The van der Waals surface area contributed by atoms with E-state index >= 15 is 0 Å². The number of H-pyrrole nitrogens is 1. The normalized spacial score (nSPS) is 9.62. The third-order valence-electron chi connectivity index (χ3n) is 1.53. The number of aromatic amines is 1. The van der Waals surface area contributed by atoms with Gasteiger partial charge < -0.3 is 9.72 Å². The Labute approximate surface area is 75.9 Å². The average molecular weight is 181 g/mol. The molecule has 0 atom stereocenters. The van der Waals surface area contributed by atoms with Gasteiger partial charge in [0.05, 0.1) is 6.61 Å². The van der Waals surface area contributed by atoms with Crippen LogP contribution >= 0.6 is 0 Å². The molecular weight excluding hydrogens is 170 g/mol. The molecule has 4 heteroatoms. The van der Waals surface area contributed by atoms with E-state index in [1.165, 1.54) is 0 Å². The van der Waals surface area contributed by atoms with E-state index in [1.807, 2.05) is 0 Å². The Hall–Kier alpha value is -1.58. The molecule has 0 spiro atoms. The largest absolute Gasteiger partial charge is 0.466 e. The third-order valence-corrected chi connectivity index (χ3v) is 1.53. The Bertz CT molecular complexity index is 290. The van der Waals surface area contributed by atoms with Crippen LogP contribution in [0.15, 0.2) is 18.5 Å². The van der Waals surface area contributed by atoms with Crippen LogP contribution in [0.5, 0.6) is 0 Å². The Morgan fingerprint density at radius 1 is 1.54 bits per heavy atom. The van der Waals surface area contributed by atoms with Crippen molar-refractivity contribution < 1.29 is 14.3 Å². The predicted octanol–water partition coefficient (Wildman–Crippen LogP) is 1.15. The lowest BCUT2D eigenvalue weighted by Gasteiger charge is -1.98. The van der Waals surface area contributed by atoms with Crippen LogP contribution in [0.25, 0.3) is 0 Å². The number of hydrogen-bond acceptors (Lipinski definition) is 3. The van der Waals surface area contributed by atoms with Gasteiger partial charge in [-0.2, -0.15) is 0 Å². The van der Waals surface area contributed by atoms with Crippen LogP contribution in [0.4, 0.5) is 0 Å². The van der Waals surface area contributed by atoms with Gasteiger partial charge >= 0.3 is 5.97 Å². The number of aromatic nitrogens is 1. The highest BCUT2D eigenvalue weighted by atomic mass is 16.5. The fraction of sp³-hybridized carbons (Fsp3) is 0.333. The van der Waals surface area contributed by atoms with Crippen LogP contribution < -0.4 is 0 Å².